The van der Waals surface area contributed by atoms with E-state index in [0.29, 0.717) is 24.0 Å². The van der Waals surface area contributed by atoms with Gasteiger partial charge in [-0.25, -0.2) is 0 Å². The van der Waals surface area contributed by atoms with Gasteiger partial charge in [-0.15, -0.1) is 0 Å². The molecule has 3 rings (SSSR count). The van der Waals surface area contributed by atoms with Crippen molar-refractivity contribution in [2.45, 2.75) is 38.6 Å². The van der Waals surface area contributed by atoms with Gasteiger partial charge in [0.25, 0.3) is 5.91 Å². The molecule has 1 saturated heterocycles. The fourth-order valence-electron chi connectivity index (χ4n) is 2.71. The van der Waals surface area contributed by atoms with E-state index < -0.39 is 0 Å². The summed E-state index contributed by atoms with van der Waals surface area (Å²) in [5, 5.41) is 4.01. The van der Waals surface area contributed by atoms with Crippen LogP contribution in [0.25, 0.3) is 0 Å². The van der Waals surface area contributed by atoms with Gasteiger partial charge in [0.2, 0.25) is 5.89 Å². The molecule has 0 N–H and O–H groups in total. The highest BCUT2D eigenvalue weighted by molar-refractivity contribution is 5.92. The molecule has 21 heavy (non-hydrogen) atoms. The number of pyridine rings is 1. The Bertz CT molecular complexity index is 611. The Morgan fingerprint density at radius 2 is 2.24 bits per heavy atom. The maximum Gasteiger partial charge on any atom is 0.273 e. The molecule has 1 atom stereocenters. The van der Waals surface area contributed by atoms with E-state index in [9.17, 15) is 4.79 Å². The average molecular weight is 286 g/mol. The molecule has 0 bridgehead atoms. The molecular formula is C15H18N4O2. The Morgan fingerprint density at radius 1 is 1.33 bits per heavy atom. The van der Waals surface area contributed by atoms with Gasteiger partial charge < -0.3 is 9.42 Å². The first-order valence-electron chi connectivity index (χ1n) is 7.28. The topological polar surface area (TPSA) is 72.1 Å². The van der Waals surface area contributed by atoms with Crippen molar-refractivity contribution in [3.8, 4) is 0 Å². The van der Waals surface area contributed by atoms with Crippen LogP contribution in [0, 0.1) is 6.92 Å². The Kier molecular flexibility index (Phi) is 3.94. The number of carbonyl (C=O) groups is 1. The SMILES string of the molecule is Cc1nc([C@H]2CCCCCN2C(=O)c2ccccn2)no1. The van der Waals surface area contributed by atoms with Crippen LogP contribution < -0.4 is 0 Å². The molecule has 6 heteroatoms. The number of carbonyl (C=O) groups excluding carboxylic acids is 1. The lowest BCUT2D eigenvalue weighted by molar-refractivity contribution is 0.0664. The molecule has 0 aliphatic carbocycles. The minimum absolute atomic E-state index is 0.0649. The zero-order valence-electron chi connectivity index (χ0n) is 12.0. The smallest absolute Gasteiger partial charge is 0.273 e. The second-order valence-corrected chi connectivity index (χ2v) is 5.25. The number of hydrogen-bond donors (Lipinski definition) is 0. The summed E-state index contributed by atoms with van der Waals surface area (Å²) in [6.45, 7) is 2.46. The van der Waals surface area contributed by atoms with E-state index in [1.807, 2.05) is 11.0 Å². The summed E-state index contributed by atoms with van der Waals surface area (Å²) in [4.78, 5) is 23.0. The average Bonchev–Trinajstić information content (AvgIpc) is 2.80. The van der Waals surface area contributed by atoms with Gasteiger partial charge in [0.05, 0.1) is 6.04 Å². The third-order valence-corrected chi connectivity index (χ3v) is 3.74. The molecule has 0 radical (unpaired) electrons. The van der Waals surface area contributed by atoms with Gasteiger partial charge in [0.1, 0.15) is 5.69 Å². The number of rotatable bonds is 2. The van der Waals surface area contributed by atoms with Crippen LogP contribution in [0.4, 0.5) is 0 Å². The first kappa shape index (κ1) is 13.7. The van der Waals surface area contributed by atoms with Crippen LogP contribution in [-0.4, -0.2) is 32.5 Å². The Balaban J connectivity index is 1.90. The van der Waals surface area contributed by atoms with Crippen LogP contribution in [0.5, 0.6) is 0 Å². The molecule has 1 aliphatic rings. The summed E-state index contributed by atoms with van der Waals surface area (Å²) < 4.78 is 5.08. The second kappa shape index (κ2) is 6.03. The largest absolute Gasteiger partial charge is 0.340 e. The number of amides is 1. The fraction of sp³-hybridized carbons (Fsp3) is 0.467. The molecule has 110 valence electrons. The van der Waals surface area contributed by atoms with Crippen LogP contribution in [-0.2, 0) is 0 Å². The van der Waals surface area contributed by atoms with Gasteiger partial charge in [0, 0.05) is 19.7 Å². The normalized spacial score (nSPS) is 19.3. The monoisotopic (exact) mass is 286 g/mol. The molecule has 1 fully saturated rings. The van der Waals surface area contributed by atoms with Crippen LogP contribution in [0.1, 0.15) is 53.9 Å². The van der Waals surface area contributed by atoms with E-state index in [0.717, 1.165) is 25.7 Å². The highest BCUT2D eigenvalue weighted by Gasteiger charge is 2.31. The van der Waals surface area contributed by atoms with Crippen molar-refractivity contribution < 1.29 is 9.32 Å². The summed E-state index contributed by atoms with van der Waals surface area (Å²) in [6.07, 6.45) is 5.66. The number of aryl methyl sites for hydroxylation is 1. The maximum atomic E-state index is 12.7. The first-order chi connectivity index (χ1) is 10.3. The number of hydrogen-bond acceptors (Lipinski definition) is 5. The van der Waals surface area contributed by atoms with Crippen LogP contribution in [0.2, 0.25) is 0 Å². The van der Waals surface area contributed by atoms with E-state index in [1.54, 1.807) is 25.3 Å². The maximum absolute atomic E-state index is 12.7. The van der Waals surface area contributed by atoms with Crippen LogP contribution in [0.15, 0.2) is 28.9 Å². The molecule has 0 unspecified atom stereocenters. The minimum atomic E-state index is -0.126. The molecule has 0 aromatic carbocycles. The van der Waals surface area contributed by atoms with E-state index >= 15 is 0 Å². The van der Waals surface area contributed by atoms with Gasteiger partial charge in [-0.05, 0) is 25.0 Å². The van der Waals surface area contributed by atoms with Crippen molar-refractivity contribution in [1.29, 1.82) is 0 Å². The molecule has 3 heterocycles. The van der Waals surface area contributed by atoms with Crippen molar-refractivity contribution >= 4 is 5.91 Å². The Morgan fingerprint density at radius 3 is 2.95 bits per heavy atom. The summed E-state index contributed by atoms with van der Waals surface area (Å²) in [5.41, 5.74) is 0.463. The predicted molar refractivity (Wildman–Crippen MR) is 75.5 cm³/mol. The zero-order valence-corrected chi connectivity index (χ0v) is 12.0. The molecule has 1 aliphatic heterocycles. The molecule has 6 nitrogen and oxygen atoms in total. The van der Waals surface area contributed by atoms with E-state index in [4.69, 9.17) is 4.52 Å². The molecular weight excluding hydrogens is 268 g/mol. The van der Waals surface area contributed by atoms with E-state index in [-0.39, 0.29) is 11.9 Å². The fourth-order valence-corrected chi connectivity index (χ4v) is 2.71. The third-order valence-electron chi connectivity index (χ3n) is 3.74. The van der Waals surface area contributed by atoms with Gasteiger partial charge in [-0.2, -0.15) is 4.98 Å². The lowest BCUT2D eigenvalue weighted by atomic mass is 10.1. The van der Waals surface area contributed by atoms with E-state index in [2.05, 4.69) is 15.1 Å². The summed E-state index contributed by atoms with van der Waals surface area (Å²) in [7, 11) is 0. The van der Waals surface area contributed by atoms with Gasteiger partial charge in [0.15, 0.2) is 5.82 Å². The quantitative estimate of drug-likeness (QED) is 0.848. The van der Waals surface area contributed by atoms with Crippen molar-refractivity contribution in [3.05, 3.63) is 41.8 Å². The first-order valence-corrected chi connectivity index (χ1v) is 7.28. The molecule has 2 aromatic heterocycles. The Hall–Kier alpha value is -2.24. The lowest BCUT2D eigenvalue weighted by Gasteiger charge is -2.27. The third kappa shape index (κ3) is 2.94. The van der Waals surface area contributed by atoms with Gasteiger partial charge in [-0.3, -0.25) is 9.78 Å². The molecule has 0 saturated carbocycles. The standard InChI is InChI=1S/C15H18N4O2/c1-11-17-14(18-21-11)13-8-3-2-6-10-19(13)15(20)12-7-4-5-9-16-12/h4-5,7,9,13H,2-3,6,8,10H2,1H3/t13-/m1/s1. The lowest BCUT2D eigenvalue weighted by Crippen LogP contribution is -2.35. The number of likely N-dealkylation sites (tertiary alicyclic amines) is 1. The Labute approximate surface area is 123 Å². The second-order valence-electron chi connectivity index (χ2n) is 5.25. The summed E-state index contributed by atoms with van der Waals surface area (Å²) >= 11 is 0. The molecule has 0 spiro atoms. The van der Waals surface area contributed by atoms with Crippen molar-refractivity contribution in [2.75, 3.05) is 6.54 Å². The van der Waals surface area contributed by atoms with E-state index in [1.165, 1.54) is 0 Å². The highest BCUT2D eigenvalue weighted by Crippen LogP contribution is 2.29. The van der Waals surface area contributed by atoms with Gasteiger partial charge in [-0.1, -0.05) is 24.1 Å². The van der Waals surface area contributed by atoms with Crippen LogP contribution >= 0.6 is 0 Å². The highest BCUT2D eigenvalue weighted by atomic mass is 16.5. The van der Waals surface area contributed by atoms with Crippen LogP contribution in [0.3, 0.4) is 0 Å². The number of aromatic nitrogens is 3. The van der Waals surface area contributed by atoms with Crippen molar-refractivity contribution in [1.82, 2.24) is 20.0 Å². The summed E-state index contributed by atoms with van der Waals surface area (Å²) in [6, 6.07) is 5.25. The predicted octanol–water partition coefficient (Wildman–Crippen LogP) is 2.53. The zero-order chi connectivity index (χ0) is 14.7. The van der Waals surface area contributed by atoms with Gasteiger partial charge >= 0.3 is 0 Å². The van der Waals surface area contributed by atoms with Crippen molar-refractivity contribution in [3.63, 3.8) is 0 Å². The molecule has 2 aromatic rings. The summed E-state index contributed by atoms with van der Waals surface area (Å²) in [5.74, 6) is 1.06. The molecule has 1 amide bonds. The minimum Gasteiger partial charge on any atom is -0.340 e. The number of nitrogens with zero attached hydrogens (tertiary/aromatic N) is 4. The van der Waals surface area contributed by atoms with Crippen molar-refractivity contribution in [2.24, 2.45) is 0 Å².